The molecule has 1 aliphatic rings. The molecule has 0 saturated carbocycles. The average Bonchev–Trinajstić information content (AvgIpc) is 2.59. The molecule has 2 amide bonds. The minimum atomic E-state index is -0.566. The van der Waals surface area contributed by atoms with Gasteiger partial charge in [0.05, 0.1) is 11.4 Å². The van der Waals surface area contributed by atoms with Crippen LogP contribution in [0.1, 0.15) is 17.3 Å². The van der Waals surface area contributed by atoms with Crippen LogP contribution in [-0.4, -0.2) is 30.7 Å². The molecule has 0 bridgehead atoms. The van der Waals surface area contributed by atoms with Crippen LogP contribution in [0.4, 0.5) is 15.8 Å². The number of ether oxygens (including phenoxy) is 1. The third-order valence-corrected chi connectivity index (χ3v) is 3.76. The van der Waals surface area contributed by atoms with Crippen molar-refractivity contribution >= 4 is 29.0 Å². The van der Waals surface area contributed by atoms with Crippen molar-refractivity contribution in [1.29, 1.82) is 0 Å². The third-order valence-electron chi connectivity index (χ3n) is 3.76. The summed E-state index contributed by atoms with van der Waals surface area (Å²) >= 11 is 0. The minimum Gasteiger partial charge on any atom is -0.482 e. The molecule has 0 spiro atoms. The number of para-hydroxylation sites is 1. The molecule has 6 nitrogen and oxygen atoms in total. The van der Waals surface area contributed by atoms with Crippen LogP contribution in [-0.2, 0) is 9.59 Å². The Bertz CT molecular complexity index is 866. The van der Waals surface area contributed by atoms with Crippen LogP contribution in [0.25, 0.3) is 0 Å². The minimum absolute atomic E-state index is 0.0333. The van der Waals surface area contributed by atoms with E-state index in [9.17, 15) is 18.8 Å². The number of hydrogen-bond donors (Lipinski definition) is 1. The molecule has 0 aliphatic carbocycles. The van der Waals surface area contributed by atoms with Crippen LogP contribution >= 0.6 is 0 Å². The standard InChI is InChI=1S/C18H15FN2O4/c1-11(22)12-6-7-16-15(8-12)21(18(24)10-25-16)9-17(23)20-14-5-3-2-4-13(14)19/h2-8H,9-10H2,1H3,(H,20,23). The average molecular weight is 342 g/mol. The molecule has 25 heavy (non-hydrogen) atoms. The van der Waals surface area contributed by atoms with E-state index in [1.54, 1.807) is 18.2 Å². The van der Waals surface area contributed by atoms with E-state index in [1.807, 2.05) is 0 Å². The van der Waals surface area contributed by atoms with E-state index in [2.05, 4.69) is 5.32 Å². The molecule has 0 unspecified atom stereocenters. The summed E-state index contributed by atoms with van der Waals surface area (Å²) in [5.74, 6) is -1.31. The van der Waals surface area contributed by atoms with E-state index in [0.29, 0.717) is 17.0 Å². The lowest BCUT2D eigenvalue weighted by molar-refractivity contribution is -0.123. The number of ketones is 1. The molecule has 7 heteroatoms. The van der Waals surface area contributed by atoms with Gasteiger partial charge in [-0.15, -0.1) is 0 Å². The molecule has 1 heterocycles. The molecule has 128 valence electrons. The van der Waals surface area contributed by atoms with Gasteiger partial charge in [0.25, 0.3) is 5.91 Å². The van der Waals surface area contributed by atoms with Crippen LogP contribution in [0.15, 0.2) is 42.5 Å². The van der Waals surface area contributed by atoms with Crippen LogP contribution in [0, 0.1) is 5.82 Å². The predicted molar refractivity (Wildman–Crippen MR) is 89.3 cm³/mol. The molecule has 0 aromatic heterocycles. The maximum atomic E-state index is 13.6. The summed E-state index contributed by atoms with van der Waals surface area (Å²) in [6, 6.07) is 10.4. The highest BCUT2D eigenvalue weighted by Crippen LogP contribution is 2.33. The normalized spacial score (nSPS) is 13.0. The van der Waals surface area contributed by atoms with Gasteiger partial charge in [0.1, 0.15) is 18.1 Å². The van der Waals surface area contributed by atoms with Crippen molar-refractivity contribution in [2.45, 2.75) is 6.92 Å². The lowest BCUT2D eigenvalue weighted by atomic mass is 10.1. The first-order valence-electron chi connectivity index (χ1n) is 7.58. The first-order valence-corrected chi connectivity index (χ1v) is 7.58. The second-order valence-corrected chi connectivity index (χ2v) is 5.54. The molecule has 0 radical (unpaired) electrons. The highest BCUT2D eigenvalue weighted by atomic mass is 19.1. The maximum Gasteiger partial charge on any atom is 0.265 e. The Hall–Kier alpha value is -3.22. The number of Topliss-reactive ketones (excluding diaryl/α,β-unsaturated/α-hetero) is 1. The number of carbonyl (C=O) groups is 3. The van der Waals surface area contributed by atoms with Gasteiger partial charge in [-0.05, 0) is 37.3 Å². The van der Waals surface area contributed by atoms with Crippen LogP contribution in [0.2, 0.25) is 0 Å². The van der Waals surface area contributed by atoms with E-state index < -0.39 is 17.6 Å². The van der Waals surface area contributed by atoms with Gasteiger partial charge in [0.15, 0.2) is 12.4 Å². The number of fused-ring (bicyclic) bond motifs is 1. The highest BCUT2D eigenvalue weighted by molar-refractivity contribution is 6.06. The Morgan fingerprint density at radius 2 is 2.00 bits per heavy atom. The van der Waals surface area contributed by atoms with E-state index >= 15 is 0 Å². The van der Waals surface area contributed by atoms with Gasteiger partial charge < -0.3 is 10.1 Å². The first kappa shape index (κ1) is 16.6. The SMILES string of the molecule is CC(=O)c1ccc2c(c1)N(CC(=O)Nc1ccccc1F)C(=O)CO2. The maximum absolute atomic E-state index is 13.6. The Kier molecular flexibility index (Phi) is 4.47. The number of halogens is 1. The molecule has 2 aromatic rings. The van der Waals surface area contributed by atoms with Gasteiger partial charge >= 0.3 is 0 Å². The molecule has 0 atom stereocenters. The fraction of sp³-hybridized carbons (Fsp3) is 0.167. The summed E-state index contributed by atoms with van der Waals surface area (Å²) in [5.41, 5.74) is 0.773. The van der Waals surface area contributed by atoms with Gasteiger partial charge in [-0.1, -0.05) is 12.1 Å². The second kappa shape index (κ2) is 6.72. The fourth-order valence-electron chi connectivity index (χ4n) is 2.49. The van der Waals surface area contributed by atoms with E-state index in [4.69, 9.17) is 4.74 Å². The number of amides is 2. The number of rotatable bonds is 4. The van der Waals surface area contributed by atoms with E-state index in [1.165, 1.54) is 36.1 Å². The van der Waals surface area contributed by atoms with Gasteiger partial charge in [-0.2, -0.15) is 0 Å². The molecule has 3 rings (SSSR count). The molecule has 0 saturated heterocycles. The van der Waals surface area contributed by atoms with E-state index in [0.717, 1.165) is 0 Å². The Balaban J connectivity index is 1.84. The van der Waals surface area contributed by atoms with Crippen molar-refractivity contribution in [3.8, 4) is 5.75 Å². The predicted octanol–water partition coefficient (Wildman–Crippen LogP) is 2.39. The number of anilines is 2. The smallest absolute Gasteiger partial charge is 0.265 e. The largest absolute Gasteiger partial charge is 0.482 e. The Morgan fingerprint density at radius 3 is 2.72 bits per heavy atom. The molecule has 1 N–H and O–H groups in total. The lowest BCUT2D eigenvalue weighted by Gasteiger charge is -2.29. The monoisotopic (exact) mass is 342 g/mol. The molecular formula is C18H15FN2O4. The van der Waals surface area contributed by atoms with Crippen molar-refractivity contribution in [1.82, 2.24) is 0 Å². The van der Waals surface area contributed by atoms with Crippen molar-refractivity contribution in [3.63, 3.8) is 0 Å². The zero-order chi connectivity index (χ0) is 18.0. The zero-order valence-corrected chi connectivity index (χ0v) is 13.4. The topological polar surface area (TPSA) is 75.7 Å². The summed E-state index contributed by atoms with van der Waals surface area (Å²) in [4.78, 5) is 37.2. The van der Waals surface area contributed by atoms with Crippen LogP contribution in [0.5, 0.6) is 5.75 Å². The van der Waals surface area contributed by atoms with E-state index in [-0.39, 0.29) is 24.6 Å². The molecule has 1 aliphatic heterocycles. The number of hydrogen-bond acceptors (Lipinski definition) is 4. The zero-order valence-electron chi connectivity index (χ0n) is 13.4. The lowest BCUT2D eigenvalue weighted by Crippen LogP contribution is -2.43. The number of benzene rings is 2. The molecule has 2 aromatic carbocycles. The summed E-state index contributed by atoms with van der Waals surface area (Å²) in [7, 11) is 0. The summed E-state index contributed by atoms with van der Waals surface area (Å²) in [5, 5.41) is 2.43. The molecular weight excluding hydrogens is 327 g/mol. The quantitative estimate of drug-likeness (QED) is 0.866. The first-order chi connectivity index (χ1) is 12.0. The van der Waals surface area contributed by atoms with Crippen molar-refractivity contribution in [2.24, 2.45) is 0 Å². The summed E-state index contributed by atoms with van der Waals surface area (Å²) < 4.78 is 19.0. The van der Waals surface area contributed by atoms with Gasteiger partial charge in [-0.25, -0.2) is 4.39 Å². The molecule has 0 fully saturated rings. The van der Waals surface area contributed by atoms with Gasteiger partial charge in [0, 0.05) is 5.56 Å². The third kappa shape index (κ3) is 3.50. The van der Waals surface area contributed by atoms with Crippen LogP contribution < -0.4 is 15.0 Å². The summed E-state index contributed by atoms with van der Waals surface area (Å²) in [6.45, 7) is 0.882. The van der Waals surface area contributed by atoms with Crippen molar-refractivity contribution in [3.05, 3.63) is 53.8 Å². The number of nitrogens with one attached hydrogen (secondary N) is 1. The van der Waals surface area contributed by atoms with Crippen molar-refractivity contribution < 1.29 is 23.5 Å². The van der Waals surface area contributed by atoms with Crippen LogP contribution in [0.3, 0.4) is 0 Å². The highest BCUT2D eigenvalue weighted by Gasteiger charge is 2.28. The van der Waals surface area contributed by atoms with Gasteiger partial charge in [0.2, 0.25) is 5.91 Å². The Labute approximate surface area is 143 Å². The fourth-order valence-corrected chi connectivity index (χ4v) is 2.49. The number of carbonyl (C=O) groups excluding carboxylic acids is 3. The second-order valence-electron chi connectivity index (χ2n) is 5.54. The van der Waals surface area contributed by atoms with Gasteiger partial charge in [-0.3, -0.25) is 19.3 Å². The van der Waals surface area contributed by atoms with Crippen molar-refractivity contribution in [2.75, 3.05) is 23.4 Å². The summed E-state index contributed by atoms with van der Waals surface area (Å²) in [6.07, 6.45) is 0. The Morgan fingerprint density at radius 1 is 1.24 bits per heavy atom. The number of nitrogens with zero attached hydrogens (tertiary/aromatic N) is 1.